The van der Waals surface area contributed by atoms with Gasteiger partial charge in [0.25, 0.3) is 5.91 Å². The summed E-state index contributed by atoms with van der Waals surface area (Å²) in [4.78, 5) is 42.4. The molecule has 0 spiro atoms. The van der Waals surface area contributed by atoms with Crippen molar-refractivity contribution in [3.8, 4) is 0 Å². The maximum Gasteiger partial charge on any atom is 0.407 e. The number of carbonyl (C=O) groups is 3. The monoisotopic (exact) mass is 467 g/mol. The van der Waals surface area contributed by atoms with Gasteiger partial charge in [-0.1, -0.05) is 12.2 Å². The predicted octanol–water partition coefficient (Wildman–Crippen LogP) is 2.23. The Morgan fingerprint density at radius 2 is 1.84 bits per heavy atom. The summed E-state index contributed by atoms with van der Waals surface area (Å²) in [5, 5.41) is 8.28. The van der Waals surface area contributed by atoms with Gasteiger partial charge in [-0.25, -0.2) is 14.2 Å². The quantitative estimate of drug-likeness (QED) is 0.582. The molecule has 32 heavy (non-hydrogen) atoms. The van der Waals surface area contributed by atoms with E-state index in [1.807, 2.05) is 0 Å². The van der Waals surface area contributed by atoms with Gasteiger partial charge in [0.15, 0.2) is 4.99 Å². The molecule has 3 N–H and O–H groups in total. The third-order valence-corrected chi connectivity index (χ3v) is 5.14. The first-order chi connectivity index (χ1) is 14.9. The summed E-state index contributed by atoms with van der Waals surface area (Å²) in [5.74, 6) is -1.27. The average molecular weight is 468 g/mol. The molecule has 0 bridgehead atoms. The SMILES string of the molecule is CN(C)C(=O)[C@H]1CC[C@H](NC(=S)C(=O)Nc2ccc(F)cn2)[C@H](NC(=O)OC(C)(C)C)C1. The molecule has 2 rings (SSSR count). The van der Waals surface area contributed by atoms with E-state index >= 15 is 0 Å². The molecule has 0 aliphatic heterocycles. The Bertz CT molecular complexity index is 857. The Balaban J connectivity index is 2.07. The van der Waals surface area contributed by atoms with Crippen molar-refractivity contribution in [3.63, 3.8) is 0 Å². The molecule has 1 heterocycles. The summed E-state index contributed by atoms with van der Waals surface area (Å²) < 4.78 is 18.3. The number of pyridine rings is 1. The fourth-order valence-electron chi connectivity index (χ4n) is 3.41. The molecule has 3 atom stereocenters. The van der Waals surface area contributed by atoms with Gasteiger partial charge in [0, 0.05) is 26.1 Å². The minimum Gasteiger partial charge on any atom is -0.444 e. The van der Waals surface area contributed by atoms with Crippen molar-refractivity contribution < 1.29 is 23.5 Å². The fraction of sp³-hybridized carbons (Fsp3) is 0.571. The summed E-state index contributed by atoms with van der Waals surface area (Å²) in [7, 11) is 3.37. The maximum atomic E-state index is 13.0. The lowest BCUT2D eigenvalue weighted by Crippen LogP contribution is -2.57. The van der Waals surface area contributed by atoms with Crippen LogP contribution in [0.15, 0.2) is 18.3 Å². The number of rotatable bonds is 4. The summed E-state index contributed by atoms with van der Waals surface area (Å²) >= 11 is 5.22. The van der Waals surface area contributed by atoms with E-state index in [4.69, 9.17) is 17.0 Å². The van der Waals surface area contributed by atoms with Crippen molar-refractivity contribution in [1.82, 2.24) is 20.5 Å². The van der Waals surface area contributed by atoms with Crippen molar-refractivity contribution in [2.75, 3.05) is 19.4 Å². The smallest absolute Gasteiger partial charge is 0.407 e. The number of ether oxygens (including phenoxy) is 1. The number of nitrogens with one attached hydrogen (secondary N) is 3. The highest BCUT2D eigenvalue weighted by Crippen LogP contribution is 2.27. The number of hydrogen-bond donors (Lipinski definition) is 3. The van der Waals surface area contributed by atoms with Crippen LogP contribution < -0.4 is 16.0 Å². The largest absolute Gasteiger partial charge is 0.444 e. The second-order valence-corrected chi connectivity index (χ2v) is 9.30. The second-order valence-electron chi connectivity index (χ2n) is 8.89. The molecule has 1 saturated carbocycles. The van der Waals surface area contributed by atoms with Crippen LogP contribution in [-0.4, -0.2) is 64.6 Å². The third-order valence-electron chi connectivity index (χ3n) is 4.83. The minimum absolute atomic E-state index is 0.0258. The molecular formula is C21H30FN5O4S. The van der Waals surface area contributed by atoms with Gasteiger partial charge in [0.05, 0.1) is 12.2 Å². The van der Waals surface area contributed by atoms with Gasteiger partial charge in [0.2, 0.25) is 5.91 Å². The zero-order chi connectivity index (χ0) is 24.1. The molecule has 9 nitrogen and oxygen atoms in total. The zero-order valence-corrected chi connectivity index (χ0v) is 19.7. The van der Waals surface area contributed by atoms with Crippen LogP contribution in [0, 0.1) is 11.7 Å². The Hall–Kier alpha value is -2.82. The maximum absolute atomic E-state index is 13.0. The van der Waals surface area contributed by atoms with Crippen LogP contribution >= 0.6 is 12.2 Å². The molecule has 1 aromatic rings. The Labute approximate surface area is 192 Å². The van der Waals surface area contributed by atoms with E-state index in [1.165, 1.54) is 17.0 Å². The lowest BCUT2D eigenvalue weighted by molar-refractivity contribution is -0.134. The van der Waals surface area contributed by atoms with E-state index in [1.54, 1.807) is 34.9 Å². The summed E-state index contributed by atoms with van der Waals surface area (Å²) in [5.41, 5.74) is -0.683. The molecule has 176 valence electrons. The highest BCUT2D eigenvalue weighted by atomic mass is 32.1. The first kappa shape index (κ1) is 25.4. The zero-order valence-electron chi connectivity index (χ0n) is 18.9. The first-order valence-electron chi connectivity index (χ1n) is 10.3. The molecule has 0 unspecified atom stereocenters. The van der Waals surface area contributed by atoms with E-state index in [9.17, 15) is 18.8 Å². The van der Waals surface area contributed by atoms with Crippen LogP contribution in [0.3, 0.4) is 0 Å². The molecule has 1 aromatic heterocycles. The number of thiocarbonyl (C=S) groups is 1. The highest BCUT2D eigenvalue weighted by molar-refractivity contribution is 7.82. The first-order valence-corrected chi connectivity index (χ1v) is 10.7. The van der Waals surface area contributed by atoms with E-state index in [0.29, 0.717) is 19.3 Å². The topological polar surface area (TPSA) is 113 Å². The van der Waals surface area contributed by atoms with Crippen molar-refractivity contribution in [1.29, 1.82) is 0 Å². The van der Waals surface area contributed by atoms with Gasteiger partial charge in [-0.05, 0) is 52.2 Å². The predicted molar refractivity (Wildman–Crippen MR) is 122 cm³/mol. The van der Waals surface area contributed by atoms with Gasteiger partial charge < -0.3 is 25.6 Å². The van der Waals surface area contributed by atoms with Crippen molar-refractivity contribution in [2.45, 2.75) is 57.7 Å². The molecular weight excluding hydrogens is 437 g/mol. The van der Waals surface area contributed by atoms with Gasteiger partial charge in [-0.3, -0.25) is 9.59 Å². The van der Waals surface area contributed by atoms with Crippen LogP contribution in [0.4, 0.5) is 15.0 Å². The Morgan fingerprint density at radius 1 is 1.16 bits per heavy atom. The molecule has 11 heteroatoms. The molecule has 0 saturated heterocycles. The number of hydrogen-bond acceptors (Lipinski definition) is 6. The minimum atomic E-state index is -0.683. The number of amides is 3. The number of nitrogens with zero attached hydrogens (tertiary/aromatic N) is 2. The fourth-order valence-corrected chi connectivity index (χ4v) is 3.61. The van der Waals surface area contributed by atoms with Crippen molar-refractivity contribution in [2.24, 2.45) is 5.92 Å². The van der Waals surface area contributed by atoms with Gasteiger partial charge >= 0.3 is 6.09 Å². The molecule has 1 aliphatic rings. The molecule has 0 aromatic carbocycles. The van der Waals surface area contributed by atoms with Crippen LogP contribution in [0.5, 0.6) is 0 Å². The van der Waals surface area contributed by atoms with Crippen LogP contribution in [0.25, 0.3) is 0 Å². The van der Waals surface area contributed by atoms with Crippen LogP contribution in [-0.2, 0) is 14.3 Å². The Kier molecular flexibility index (Phi) is 8.48. The number of halogens is 1. The lowest BCUT2D eigenvalue weighted by atomic mass is 9.81. The third kappa shape index (κ3) is 7.70. The average Bonchev–Trinajstić information content (AvgIpc) is 2.68. The summed E-state index contributed by atoms with van der Waals surface area (Å²) in [6.45, 7) is 5.26. The van der Waals surface area contributed by atoms with Gasteiger partial charge in [-0.2, -0.15) is 0 Å². The van der Waals surface area contributed by atoms with Crippen molar-refractivity contribution >= 4 is 40.9 Å². The van der Waals surface area contributed by atoms with E-state index in [-0.39, 0.29) is 28.7 Å². The molecule has 1 aliphatic carbocycles. The Morgan fingerprint density at radius 3 is 2.41 bits per heavy atom. The van der Waals surface area contributed by atoms with E-state index in [2.05, 4.69) is 20.9 Å². The molecule has 3 amide bonds. The number of anilines is 1. The molecule has 1 fully saturated rings. The normalized spacial score (nSPS) is 20.6. The standard InChI is InChI=1S/C21H30FN5O4S/c1-21(2,3)31-20(30)25-15-10-12(19(29)27(4)5)6-8-14(15)24-18(32)17(28)26-16-9-7-13(22)11-23-16/h7,9,11-12,14-15H,6,8,10H2,1-5H3,(H,24,32)(H,25,30)(H,23,26,28)/t12-,14-,15+/m0/s1. The summed E-state index contributed by atoms with van der Waals surface area (Å²) in [6, 6.07) is 1.62. The van der Waals surface area contributed by atoms with Crippen molar-refractivity contribution in [3.05, 3.63) is 24.1 Å². The summed E-state index contributed by atoms with van der Waals surface area (Å²) in [6.07, 6.45) is 1.82. The molecule has 0 radical (unpaired) electrons. The van der Waals surface area contributed by atoms with Gasteiger partial charge in [0.1, 0.15) is 17.2 Å². The van der Waals surface area contributed by atoms with Gasteiger partial charge in [-0.15, -0.1) is 0 Å². The number of carbonyl (C=O) groups excluding carboxylic acids is 3. The number of aromatic nitrogens is 1. The van der Waals surface area contributed by atoms with Crippen LogP contribution in [0.2, 0.25) is 0 Å². The highest BCUT2D eigenvalue weighted by Gasteiger charge is 2.37. The number of alkyl carbamates (subject to hydrolysis) is 1. The lowest BCUT2D eigenvalue weighted by Gasteiger charge is -2.37. The van der Waals surface area contributed by atoms with E-state index < -0.39 is 29.5 Å². The van der Waals surface area contributed by atoms with E-state index in [0.717, 1.165) is 6.20 Å². The second kappa shape index (κ2) is 10.7. The van der Waals surface area contributed by atoms with Crippen LogP contribution in [0.1, 0.15) is 40.0 Å².